The molecule has 0 radical (unpaired) electrons. The first-order chi connectivity index (χ1) is 16.8. The number of rotatable bonds is 8. The highest BCUT2D eigenvalue weighted by molar-refractivity contribution is 7.93. The Balaban J connectivity index is 1.75. The van der Waals surface area contributed by atoms with E-state index in [-0.39, 0.29) is 27.3 Å². The van der Waals surface area contributed by atoms with Crippen LogP contribution in [0.15, 0.2) is 52.9 Å². The van der Waals surface area contributed by atoms with Crippen LogP contribution in [-0.4, -0.2) is 51.7 Å². The molecule has 1 aromatic heterocycles. The molecule has 0 saturated carbocycles. The lowest BCUT2D eigenvalue weighted by Crippen LogP contribution is -2.33. The van der Waals surface area contributed by atoms with Crippen molar-refractivity contribution in [3.63, 3.8) is 0 Å². The molecule has 35 heavy (non-hydrogen) atoms. The van der Waals surface area contributed by atoms with Crippen LogP contribution in [0.2, 0.25) is 5.02 Å². The number of benzene rings is 2. The van der Waals surface area contributed by atoms with Gasteiger partial charge in [0.2, 0.25) is 0 Å². The summed E-state index contributed by atoms with van der Waals surface area (Å²) in [5.41, 5.74) is 0.588. The Hall–Kier alpha value is -3.02. The number of anilines is 1. The fourth-order valence-corrected chi connectivity index (χ4v) is 6.37. The number of halogens is 1. The molecule has 3 aromatic rings. The van der Waals surface area contributed by atoms with Crippen LogP contribution in [0.1, 0.15) is 18.4 Å². The molecule has 0 bridgehead atoms. The molecule has 2 aromatic carbocycles. The van der Waals surface area contributed by atoms with Crippen molar-refractivity contribution in [3.8, 4) is 17.2 Å². The van der Waals surface area contributed by atoms with Crippen molar-refractivity contribution in [1.82, 2.24) is 9.88 Å². The van der Waals surface area contributed by atoms with Crippen LogP contribution in [0.4, 0.5) is 9.93 Å². The SMILES string of the molecule is COc1ccc(CN(c2nccs2)S(=O)(=O)c2cccc(Cl)c2OC(=O)N2CCCC2)c(OC)c1. The molecule has 12 heteroatoms. The van der Waals surface area contributed by atoms with E-state index in [1.54, 1.807) is 23.6 Å². The third kappa shape index (κ3) is 5.31. The van der Waals surface area contributed by atoms with Crippen LogP contribution in [-0.2, 0) is 16.6 Å². The smallest absolute Gasteiger partial charge is 0.415 e. The van der Waals surface area contributed by atoms with Crippen molar-refractivity contribution in [2.45, 2.75) is 24.3 Å². The van der Waals surface area contributed by atoms with Crippen LogP contribution in [0.5, 0.6) is 17.2 Å². The second-order valence-electron chi connectivity index (χ2n) is 7.63. The van der Waals surface area contributed by atoms with Gasteiger partial charge in [-0.2, -0.15) is 0 Å². The lowest BCUT2D eigenvalue weighted by molar-refractivity contribution is 0.161. The molecule has 1 saturated heterocycles. The monoisotopic (exact) mass is 537 g/mol. The Kier molecular flexibility index (Phi) is 7.68. The number of amides is 1. The molecule has 0 atom stereocenters. The predicted octanol–water partition coefficient (Wildman–Crippen LogP) is 4.80. The van der Waals surface area contributed by atoms with E-state index in [1.165, 1.54) is 43.5 Å². The minimum absolute atomic E-state index is 0.0136. The van der Waals surface area contributed by atoms with Gasteiger partial charge in [-0.25, -0.2) is 22.5 Å². The summed E-state index contributed by atoms with van der Waals surface area (Å²) in [6.45, 7) is 1.01. The topological polar surface area (TPSA) is 98.3 Å². The molecule has 1 aliphatic rings. The zero-order valence-corrected chi connectivity index (χ0v) is 21.5. The predicted molar refractivity (Wildman–Crippen MR) is 133 cm³/mol. The van der Waals surface area contributed by atoms with Crippen LogP contribution in [0, 0.1) is 0 Å². The van der Waals surface area contributed by atoms with Gasteiger partial charge in [-0.15, -0.1) is 11.3 Å². The number of aromatic nitrogens is 1. The molecule has 186 valence electrons. The highest BCUT2D eigenvalue weighted by atomic mass is 35.5. The molecule has 1 amide bonds. The first-order valence-corrected chi connectivity index (χ1v) is 13.4. The number of thiazole rings is 1. The zero-order valence-electron chi connectivity index (χ0n) is 19.1. The minimum Gasteiger partial charge on any atom is -0.497 e. The molecule has 9 nitrogen and oxygen atoms in total. The minimum atomic E-state index is -4.27. The van der Waals surface area contributed by atoms with Gasteiger partial charge in [0.1, 0.15) is 16.4 Å². The maximum Gasteiger partial charge on any atom is 0.415 e. The second kappa shape index (κ2) is 10.7. The van der Waals surface area contributed by atoms with E-state index in [2.05, 4.69) is 4.98 Å². The third-order valence-electron chi connectivity index (χ3n) is 5.49. The molecule has 4 rings (SSSR count). The number of hydrogen-bond acceptors (Lipinski definition) is 8. The molecule has 1 fully saturated rings. The van der Waals surface area contributed by atoms with Crippen molar-refractivity contribution in [1.29, 1.82) is 0 Å². The second-order valence-corrected chi connectivity index (χ2v) is 10.7. The highest BCUT2D eigenvalue weighted by Crippen LogP contribution is 2.38. The number of nitrogens with zero attached hydrogens (tertiary/aromatic N) is 3. The third-order valence-corrected chi connectivity index (χ3v) is 8.46. The van der Waals surface area contributed by atoms with Crippen molar-refractivity contribution in [2.75, 3.05) is 31.6 Å². The lowest BCUT2D eigenvalue weighted by atomic mass is 10.2. The summed E-state index contributed by atoms with van der Waals surface area (Å²) in [5.74, 6) is 0.808. The molecule has 0 N–H and O–H groups in total. The van der Waals surface area contributed by atoms with Crippen LogP contribution >= 0.6 is 22.9 Å². The molecular weight excluding hydrogens is 514 g/mol. The average Bonchev–Trinajstić information content (AvgIpc) is 3.58. The summed E-state index contributed by atoms with van der Waals surface area (Å²) in [4.78, 5) is 18.2. The molecular formula is C23H24ClN3O6S2. The summed E-state index contributed by atoms with van der Waals surface area (Å²) in [6.07, 6.45) is 2.61. The van der Waals surface area contributed by atoms with Gasteiger partial charge in [-0.3, -0.25) is 0 Å². The van der Waals surface area contributed by atoms with Gasteiger partial charge in [0.25, 0.3) is 10.0 Å². The van der Waals surface area contributed by atoms with Crippen LogP contribution in [0.25, 0.3) is 0 Å². The van der Waals surface area contributed by atoms with Gasteiger partial charge in [0, 0.05) is 36.3 Å². The van der Waals surface area contributed by atoms with Gasteiger partial charge >= 0.3 is 6.09 Å². The van der Waals surface area contributed by atoms with E-state index < -0.39 is 16.1 Å². The Morgan fingerprint density at radius 2 is 1.94 bits per heavy atom. The molecule has 0 aliphatic carbocycles. The lowest BCUT2D eigenvalue weighted by Gasteiger charge is -2.24. The Morgan fingerprint density at radius 1 is 1.17 bits per heavy atom. The first kappa shape index (κ1) is 25.1. The van der Waals surface area contributed by atoms with E-state index in [1.807, 2.05) is 0 Å². The number of carbonyl (C=O) groups is 1. The Labute approximate surface area is 212 Å². The van der Waals surface area contributed by atoms with Crippen LogP contribution in [0.3, 0.4) is 0 Å². The first-order valence-electron chi connectivity index (χ1n) is 10.7. The normalized spacial score (nSPS) is 13.5. The van der Waals surface area contributed by atoms with E-state index in [4.69, 9.17) is 25.8 Å². The van der Waals surface area contributed by atoms with E-state index in [9.17, 15) is 13.2 Å². The number of likely N-dealkylation sites (tertiary alicyclic amines) is 1. The molecule has 1 aliphatic heterocycles. The van der Waals surface area contributed by atoms with Crippen molar-refractivity contribution < 1.29 is 27.4 Å². The summed E-state index contributed by atoms with van der Waals surface area (Å²) in [7, 11) is -1.24. The van der Waals surface area contributed by atoms with E-state index in [0.717, 1.165) is 28.5 Å². The van der Waals surface area contributed by atoms with Crippen molar-refractivity contribution in [3.05, 3.63) is 58.6 Å². The zero-order chi connectivity index (χ0) is 25.0. The number of methoxy groups -OCH3 is 2. The van der Waals surface area contributed by atoms with Gasteiger partial charge in [-0.1, -0.05) is 17.7 Å². The van der Waals surface area contributed by atoms with Gasteiger partial charge in [0.05, 0.1) is 25.8 Å². The quantitative estimate of drug-likeness (QED) is 0.407. The number of carbonyl (C=O) groups excluding carboxylic acids is 1. The average molecular weight is 538 g/mol. The number of para-hydroxylation sites is 1. The Morgan fingerprint density at radius 3 is 2.60 bits per heavy atom. The van der Waals surface area contributed by atoms with Gasteiger partial charge in [0.15, 0.2) is 10.9 Å². The Bertz CT molecular complexity index is 1290. The van der Waals surface area contributed by atoms with Crippen molar-refractivity contribution in [2.24, 2.45) is 0 Å². The molecule has 0 spiro atoms. The summed E-state index contributed by atoms with van der Waals surface area (Å²) < 4.78 is 45.4. The maximum atomic E-state index is 14.0. The van der Waals surface area contributed by atoms with Gasteiger partial charge in [-0.05, 0) is 37.1 Å². The fourth-order valence-electron chi connectivity index (χ4n) is 3.69. The van der Waals surface area contributed by atoms with Crippen LogP contribution < -0.4 is 18.5 Å². The highest BCUT2D eigenvalue weighted by Gasteiger charge is 2.33. The van der Waals surface area contributed by atoms with Gasteiger partial charge < -0.3 is 19.1 Å². The number of ether oxygens (including phenoxy) is 3. The van der Waals surface area contributed by atoms with Crippen molar-refractivity contribution >= 4 is 44.2 Å². The molecule has 0 unspecified atom stereocenters. The molecule has 2 heterocycles. The fraction of sp³-hybridized carbons (Fsp3) is 0.304. The summed E-state index contributed by atoms with van der Waals surface area (Å²) >= 11 is 7.49. The number of hydrogen-bond donors (Lipinski definition) is 0. The van der Waals surface area contributed by atoms with E-state index >= 15 is 0 Å². The summed E-state index contributed by atoms with van der Waals surface area (Å²) in [6, 6.07) is 9.45. The van der Waals surface area contributed by atoms with E-state index in [0.29, 0.717) is 30.2 Å². The summed E-state index contributed by atoms with van der Waals surface area (Å²) in [5, 5.41) is 1.93. The largest absolute Gasteiger partial charge is 0.497 e. The standard InChI is InChI=1S/C23H24ClN3O6S2/c1-31-17-9-8-16(19(14-17)32-2)15-27(22-25-10-13-34-22)35(29,30)20-7-5-6-18(24)21(20)33-23(28)26-11-3-4-12-26/h5-10,13-14H,3-4,11-12,15H2,1-2H3. The maximum absolute atomic E-state index is 14.0. The number of sulfonamides is 1.